The summed E-state index contributed by atoms with van der Waals surface area (Å²) in [6.07, 6.45) is 0. The van der Waals surface area contributed by atoms with Gasteiger partial charge in [0, 0.05) is 23.0 Å². The van der Waals surface area contributed by atoms with Crippen molar-refractivity contribution >= 4 is 65.4 Å². The molecular formula is C25H27N5O9S3. The van der Waals surface area contributed by atoms with Gasteiger partial charge in [-0.2, -0.15) is 31.8 Å². The van der Waals surface area contributed by atoms with Crippen molar-refractivity contribution in [3.63, 3.8) is 0 Å². The van der Waals surface area contributed by atoms with Gasteiger partial charge in [0.2, 0.25) is 11.9 Å². The quantitative estimate of drug-likeness (QED) is 0.106. The van der Waals surface area contributed by atoms with E-state index >= 15 is 0 Å². The number of nitrogens with zero attached hydrogens (tertiary/aromatic N) is 4. The fraction of sp³-hybridized carbons (Fsp3) is 0.240. The second-order valence-electron chi connectivity index (χ2n) is 9.04. The fourth-order valence-corrected chi connectivity index (χ4v) is 6.29. The molecule has 1 atom stereocenters. The van der Waals surface area contributed by atoms with E-state index in [1.165, 1.54) is 25.1 Å². The number of fused-ring (bicyclic) bond motifs is 1. The zero-order chi connectivity index (χ0) is 30.8. The lowest BCUT2D eigenvalue weighted by atomic mass is 10.0. The Morgan fingerprint density at radius 3 is 2.31 bits per heavy atom. The molecule has 0 amide bonds. The van der Waals surface area contributed by atoms with Crippen molar-refractivity contribution in [3.05, 3.63) is 65.5 Å². The molecule has 14 nitrogen and oxygen atoms in total. The molecule has 4 aromatic rings. The van der Waals surface area contributed by atoms with Crippen LogP contribution >= 0.6 is 0 Å². The molecule has 4 N–H and O–H groups in total. The van der Waals surface area contributed by atoms with Gasteiger partial charge in [-0.1, -0.05) is 18.2 Å². The molecule has 42 heavy (non-hydrogen) atoms. The van der Waals surface area contributed by atoms with Crippen LogP contribution in [0.25, 0.3) is 10.8 Å². The highest BCUT2D eigenvalue weighted by Gasteiger charge is 2.26. The van der Waals surface area contributed by atoms with E-state index < -0.39 is 42.0 Å². The maximum absolute atomic E-state index is 13.2. The predicted molar refractivity (Wildman–Crippen MR) is 157 cm³/mol. The number of rotatable bonds is 11. The van der Waals surface area contributed by atoms with Gasteiger partial charge in [0.15, 0.2) is 11.1 Å². The molecule has 1 heterocycles. The molecule has 0 saturated heterocycles. The van der Waals surface area contributed by atoms with E-state index in [0.717, 1.165) is 7.11 Å². The normalized spacial score (nSPS) is 12.8. The van der Waals surface area contributed by atoms with Gasteiger partial charge in [0.05, 0.1) is 18.6 Å². The number of para-hydroxylation sites is 1. The molecule has 17 heteroatoms. The lowest BCUT2D eigenvalue weighted by molar-refractivity contribution is 0.398. The summed E-state index contributed by atoms with van der Waals surface area (Å²) in [6, 6.07) is 12.9. The first-order chi connectivity index (χ1) is 19.7. The summed E-state index contributed by atoms with van der Waals surface area (Å²) in [7, 11) is -8.07. The third kappa shape index (κ3) is 7.00. The summed E-state index contributed by atoms with van der Waals surface area (Å²) < 4.78 is 84.6. The van der Waals surface area contributed by atoms with Crippen molar-refractivity contribution in [2.75, 3.05) is 29.6 Å². The standard InChI is InChI=1S/C25H27N5O9S3/c1-15-17(14-41(34,35)36)13-20-19(22(15)31)9-10-21(23(20)42(37,38)39-3)28-24-26-16(2)27-25(29-24)30(11-12-40(32)33)18-7-5-4-6-8-18/h4-10,13,31H,11-12,14H2,1-3H3,(H,32,33)(H,34,35,36)(H,26,27,28,29). The van der Waals surface area contributed by atoms with Crippen LogP contribution in [0.1, 0.15) is 17.0 Å². The van der Waals surface area contributed by atoms with Crippen molar-refractivity contribution in [1.29, 1.82) is 0 Å². The molecule has 0 aliphatic carbocycles. The van der Waals surface area contributed by atoms with Crippen LogP contribution < -0.4 is 10.2 Å². The maximum Gasteiger partial charge on any atom is 0.299 e. The topological polar surface area (TPSA) is 209 Å². The first-order valence-electron chi connectivity index (χ1n) is 12.1. The first kappa shape index (κ1) is 31.2. The summed E-state index contributed by atoms with van der Waals surface area (Å²) in [4.78, 5) is 14.2. The molecule has 4 rings (SSSR count). The summed E-state index contributed by atoms with van der Waals surface area (Å²) in [5, 5.41) is 13.7. The highest BCUT2D eigenvalue weighted by atomic mass is 32.2. The Morgan fingerprint density at radius 2 is 1.69 bits per heavy atom. The van der Waals surface area contributed by atoms with Crippen molar-refractivity contribution in [1.82, 2.24) is 15.0 Å². The van der Waals surface area contributed by atoms with E-state index in [1.54, 1.807) is 42.2 Å². The molecule has 0 radical (unpaired) electrons. The molecule has 0 fully saturated rings. The van der Waals surface area contributed by atoms with E-state index in [9.17, 15) is 35.3 Å². The van der Waals surface area contributed by atoms with Gasteiger partial charge in [-0.15, -0.1) is 0 Å². The van der Waals surface area contributed by atoms with Crippen LogP contribution in [0.15, 0.2) is 53.4 Å². The molecule has 0 aliphatic heterocycles. The average molecular weight is 638 g/mol. The molecule has 0 bridgehead atoms. The zero-order valence-corrected chi connectivity index (χ0v) is 25.0. The lowest BCUT2D eigenvalue weighted by Crippen LogP contribution is -2.25. The Morgan fingerprint density at radius 1 is 1.00 bits per heavy atom. The average Bonchev–Trinajstić information content (AvgIpc) is 2.91. The van der Waals surface area contributed by atoms with Crippen LogP contribution in [0.4, 0.5) is 23.3 Å². The zero-order valence-electron chi connectivity index (χ0n) is 22.5. The van der Waals surface area contributed by atoms with Crippen molar-refractivity contribution in [3.8, 4) is 5.75 Å². The lowest BCUT2D eigenvalue weighted by Gasteiger charge is -2.23. The molecule has 0 spiro atoms. The highest BCUT2D eigenvalue weighted by molar-refractivity contribution is 7.87. The molecular weight excluding hydrogens is 611 g/mol. The summed E-state index contributed by atoms with van der Waals surface area (Å²) in [5.41, 5.74) is 0.684. The van der Waals surface area contributed by atoms with E-state index in [0.29, 0.717) is 5.69 Å². The number of benzene rings is 3. The smallest absolute Gasteiger partial charge is 0.299 e. The van der Waals surface area contributed by atoms with Gasteiger partial charge in [0.25, 0.3) is 20.2 Å². The molecule has 1 aromatic heterocycles. The van der Waals surface area contributed by atoms with E-state index in [1.807, 2.05) is 0 Å². The number of hydrogen-bond donors (Lipinski definition) is 4. The SMILES string of the molecule is COS(=O)(=O)c1c(Nc2nc(C)nc(N(CCS(=O)O)c3ccccc3)n2)ccc2c(O)c(C)c(CS(=O)(=O)O)cc12. The van der Waals surface area contributed by atoms with Gasteiger partial charge >= 0.3 is 0 Å². The minimum atomic E-state index is -4.52. The van der Waals surface area contributed by atoms with Crippen LogP contribution in [-0.4, -0.2) is 69.6 Å². The molecule has 0 saturated carbocycles. The number of phenolic OH excluding ortho intramolecular Hbond substituents is 1. The number of aromatic nitrogens is 3. The highest BCUT2D eigenvalue weighted by Crippen LogP contribution is 2.40. The van der Waals surface area contributed by atoms with Crippen LogP contribution in [0.5, 0.6) is 5.75 Å². The Bertz CT molecular complexity index is 1890. The van der Waals surface area contributed by atoms with Crippen molar-refractivity contribution in [2.45, 2.75) is 24.5 Å². The summed E-state index contributed by atoms with van der Waals surface area (Å²) in [6.45, 7) is 3.09. The van der Waals surface area contributed by atoms with Crippen LogP contribution in [0.3, 0.4) is 0 Å². The number of phenols is 1. The Hall–Kier alpha value is -3.74. The Balaban J connectivity index is 1.89. The van der Waals surface area contributed by atoms with Gasteiger partial charge in [-0.25, -0.2) is 4.21 Å². The monoisotopic (exact) mass is 637 g/mol. The summed E-state index contributed by atoms with van der Waals surface area (Å²) in [5.74, 6) is -1.07. The molecule has 1 unspecified atom stereocenters. The minimum absolute atomic E-state index is 0.0229. The molecule has 0 aliphatic rings. The first-order valence-corrected chi connectivity index (χ1v) is 16.4. The van der Waals surface area contributed by atoms with E-state index in [2.05, 4.69) is 20.3 Å². The number of hydrogen-bond acceptors (Lipinski definition) is 12. The maximum atomic E-state index is 13.2. The third-order valence-corrected chi connectivity index (χ3v) is 8.78. The van der Waals surface area contributed by atoms with Crippen LogP contribution in [0, 0.1) is 13.8 Å². The second-order valence-corrected chi connectivity index (χ2v) is 13.2. The van der Waals surface area contributed by atoms with Gasteiger partial charge in [-0.05, 0) is 55.3 Å². The molecule has 224 valence electrons. The van der Waals surface area contributed by atoms with Gasteiger partial charge in [-0.3, -0.25) is 8.74 Å². The number of aryl methyl sites for hydroxylation is 1. The summed E-state index contributed by atoms with van der Waals surface area (Å²) >= 11 is -2.10. The predicted octanol–water partition coefficient (Wildman–Crippen LogP) is 3.17. The van der Waals surface area contributed by atoms with E-state index in [4.69, 9.17) is 4.18 Å². The fourth-order valence-electron chi connectivity index (χ4n) is 4.27. The van der Waals surface area contributed by atoms with Gasteiger partial charge in [0.1, 0.15) is 22.2 Å². The van der Waals surface area contributed by atoms with Gasteiger partial charge < -0.3 is 19.9 Å². The Labute approximate surface area is 244 Å². The van der Waals surface area contributed by atoms with Crippen molar-refractivity contribution in [2.24, 2.45) is 0 Å². The van der Waals surface area contributed by atoms with Crippen LogP contribution in [0.2, 0.25) is 0 Å². The Kier molecular flexibility index (Phi) is 9.09. The molecule has 3 aromatic carbocycles. The second kappa shape index (κ2) is 12.2. The number of aromatic hydroxyl groups is 1. The van der Waals surface area contributed by atoms with E-state index in [-0.39, 0.29) is 63.4 Å². The number of anilines is 4. The minimum Gasteiger partial charge on any atom is -0.507 e. The van der Waals surface area contributed by atoms with Crippen molar-refractivity contribution < 1.29 is 39.4 Å². The van der Waals surface area contributed by atoms with Crippen LogP contribution in [-0.2, 0) is 41.3 Å². The number of nitrogens with one attached hydrogen (secondary N) is 1. The third-order valence-electron chi connectivity index (χ3n) is 6.19. The largest absolute Gasteiger partial charge is 0.507 e.